The number of likely N-dealkylation sites (N-methyl/N-ethyl adjacent to an activating group) is 1. The predicted molar refractivity (Wildman–Crippen MR) is 75.8 cm³/mol. The van der Waals surface area contributed by atoms with E-state index in [1.807, 2.05) is 19.0 Å². The molecule has 0 N–H and O–H groups in total. The van der Waals surface area contributed by atoms with Crippen LogP contribution in [0.25, 0.3) is 0 Å². The highest BCUT2D eigenvalue weighted by Crippen LogP contribution is 2.24. The molecule has 1 aliphatic heterocycles. The molecule has 1 heterocycles. The summed E-state index contributed by atoms with van der Waals surface area (Å²) in [6, 6.07) is 2.39. The zero-order valence-electron chi connectivity index (χ0n) is 12.3. The van der Waals surface area contributed by atoms with Crippen molar-refractivity contribution >= 4 is 11.6 Å². The molecule has 21 heavy (non-hydrogen) atoms. The highest BCUT2D eigenvalue weighted by atomic mass is 19.1. The number of non-ortho nitro benzene ring substituents is 1. The van der Waals surface area contributed by atoms with Gasteiger partial charge in [0.25, 0.3) is 11.6 Å². The summed E-state index contributed by atoms with van der Waals surface area (Å²) in [4.78, 5) is 26.2. The molecule has 0 aromatic heterocycles. The zero-order valence-corrected chi connectivity index (χ0v) is 12.3. The molecule has 2 rings (SSSR count). The molecule has 1 unspecified atom stereocenters. The van der Waals surface area contributed by atoms with Gasteiger partial charge in [0.05, 0.1) is 10.5 Å². The number of nitro benzene ring substituents is 1. The lowest BCUT2D eigenvalue weighted by atomic mass is 10.1. The van der Waals surface area contributed by atoms with E-state index >= 15 is 0 Å². The lowest BCUT2D eigenvalue weighted by Gasteiger charge is -2.20. The van der Waals surface area contributed by atoms with E-state index in [-0.39, 0.29) is 22.9 Å². The maximum Gasteiger partial charge on any atom is 0.270 e. The number of nitro groups is 1. The van der Waals surface area contributed by atoms with Gasteiger partial charge in [0.1, 0.15) is 5.82 Å². The van der Waals surface area contributed by atoms with Crippen molar-refractivity contribution in [2.75, 3.05) is 27.2 Å². The van der Waals surface area contributed by atoms with Gasteiger partial charge in [-0.1, -0.05) is 0 Å². The third-order valence-corrected chi connectivity index (χ3v) is 3.86. The van der Waals surface area contributed by atoms with Crippen molar-refractivity contribution in [3.05, 3.63) is 39.2 Å². The van der Waals surface area contributed by atoms with Crippen LogP contribution in [0.2, 0.25) is 0 Å². The van der Waals surface area contributed by atoms with Crippen LogP contribution in [0.15, 0.2) is 12.1 Å². The third kappa shape index (κ3) is 3.02. The van der Waals surface area contributed by atoms with E-state index in [0.717, 1.165) is 18.6 Å². The summed E-state index contributed by atoms with van der Waals surface area (Å²) >= 11 is 0. The summed E-state index contributed by atoms with van der Waals surface area (Å²) in [7, 11) is 3.85. The van der Waals surface area contributed by atoms with Crippen molar-refractivity contribution in [1.82, 2.24) is 9.80 Å². The number of rotatable bonds is 3. The Kier molecular flexibility index (Phi) is 4.22. The van der Waals surface area contributed by atoms with Gasteiger partial charge in [0, 0.05) is 31.3 Å². The van der Waals surface area contributed by atoms with Gasteiger partial charge in [0.15, 0.2) is 0 Å². The Balaban J connectivity index is 2.29. The van der Waals surface area contributed by atoms with Gasteiger partial charge in [-0.3, -0.25) is 14.9 Å². The molecule has 1 aromatic rings. The fourth-order valence-corrected chi connectivity index (χ4v) is 2.53. The Morgan fingerprint density at radius 2 is 2.14 bits per heavy atom. The van der Waals surface area contributed by atoms with Crippen LogP contribution in [-0.4, -0.2) is 53.9 Å². The van der Waals surface area contributed by atoms with Crippen LogP contribution < -0.4 is 0 Å². The first-order chi connectivity index (χ1) is 9.81. The molecule has 1 aliphatic rings. The molecule has 1 amide bonds. The number of hydrogen-bond acceptors (Lipinski definition) is 4. The maximum absolute atomic E-state index is 14.1. The van der Waals surface area contributed by atoms with Crippen LogP contribution in [0.3, 0.4) is 0 Å². The highest BCUT2D eigenvalue weighted by molar-refractivity contribution is 5.95. The number of aryl methyl sites for hydroxylation is 1. The van der Waals surface area contributed by atoms with Crippen molar-refractivity contribution in [2.24, 2.45) is 0 Å². The minimum Gasteiger partial charge on any atom is -0.337 e. The minimum atomic E-state index is -0.682. The summed E-state index contributed by atoms with van der Waals surface area (Å²) in [5, 5.41) is 10.9. The number of carbonyl (C=O) groups is 1. The second-order valence-corrected chi connectivity index (χ2v) is 5.54. The zero-order chi connectivity index (χ0) is 15.7. The minimum absolute atomic E-state index is 0.107. The number of hydrogen-bond donors (Lipinski definition) is 0. The van der Waals surface area contributed by atoms with Gasteiger partial charge in [0.2, 0.25) is 0 Å². The van der Waals surface area contributed by atoms with Gasteiger partial charge in [-0.05, 0) is 33.0 Å². The van der Waals surface area contributed by atoms with Crippen LogP contribution in [0.4, 0.5) is 10.1 Å². The molecule has 6 nitrogen and oxygen atoms in total. The SMILES string of the molecule is Cc1cc([N+](=O)[O-])cc(C(=O)N2CCC(N(C)C)C2)c1F. The Hall–Kier alpha value is -2.02. The molecule has 1 saturated heterocycles. The van der Waals surface area contributed by atoms with E-state index in [1.165, 1.54) is 6.92 Å². The fraction of sp³-hybridized carbons (Fsp3) is 0.500. The molecule has 1 atom stereocenters. The number of amides is 1. The van der Waals surface area contributed by atoms with E-state index < -0.39 is 16.6 Å². The van der Waals surface area contributed by atoms with Crippen LogP contribution in [0.1, 0.15) is 22.3 Å². The number of nitrogens with zero attached hydrogens (tertiary/aromatic N) is 3. The second kappa shape index (κ2) is 5.77. The molecule has 0 radical (unpaired) electrons. The Morgan fingerprint density at radius 3 is 2.67 bits per heavy atom. The first-order valence-corrected chi connectivity index (χ1v) is 6.71. The van der Waals surface area contributed by atoms with Gasteiger partial charge in [-0.2, -0.15) is 0 Å². The number of halogens is 1. The largest absolute Gasteiger partial charge is 0.337 e. The third-order valence-electron chi connectivity index (χ3n) is 3.86. The molecule has 0 saturated carbocycles. The van der Waals surface area contributed by atoms with E-state index in [1.54, 1.807) is 4.90 Å². The molecule has 1 aromatic carbocycles. The number of carbonyl (C=O) groups excluding carboxylic acids is 1. The summed E-state index contributed by atoms with van der Waals surface area (Å²) in [6.07, 6.45) is 0.814. The van der Waals surface area contributed by atoms with Crippen molar-refractivity contribution in [3.8, 4) is 0 Å². The van der Waals surface area contributed by atoms with Crippen LogP contribution in [-0.2, 0) is 0 Å². The van der Waals surface area contributed by atoms with Crippen LogP contribution >= 0.6 is 0 Å². The van der Waals surface area contributed by atoms with Crippen molar-refractivity contribution in [2.45, 2.75) is 19.4 Å². The smallest absolute Gasteiger partial charge is 0.270 e. The lowest BCUT2D eigenvalue weighted by Crippen LogP contribution is -2.34. The summed E-state index contributed by atoms with van der Waals surface area (Å²) in [5.41, 5.74) is -0.377. The lowest BCUT2D eigenvalue weighted by molar-refractivity contribution is -0.385. The second-order valence-electron chi connectivity index (χ2n) is 5.54. The van der Waals surface area contributed by atoms with Gasteiger partial charge in [-0.15, -0.1) is 0 Å². The molecule has 0 aliphatic carbocycles. The average molecular weight is 295 g/mol. The summed E-state index contributed by atoms with van der Waals surface area (Å²) in [5.74, 6) is -1.16. The number of benzene rings is 1. The highest BCUT2D eigenvalue weighted by Gasteiger charge is 2.30. The molecule has 114 valence electrons. The van der Waals surface area contributed by atoms with E-state index in [4.69, 9.17) is 0 Å². The first-order valence-electron chi connectivity index (χ1n) is 6.71. The normalized spacial score (nSPS) is 18.3. The number of likely N-dealkylation sites (tertiary alicyclic amines) is 1. The first kappa shape index (κ1) is 15.4. The van der Waals surface area contributed by atoms with E-state index in [0.29, 0.717) is 13.1 Å². The van der Waals surface area contributed by atoms with Crippen LogP contribution in [0.5, 0.6) is 0 Å². The average Bonchev–Trinajstić information content (AvgIpc) is 2.90. The topological polar surface area (TPSA) is 66.7 Å². The predicted octanol–water partition coefficient (Wildman–Crippen LogP) is 1.82. The molecule has 1 fully saturated rings. The fourth-order valence-electron chi connectivity index (χ4n) is 2.53. The van der Waals surface area contributed by atoms with E-state index in [9.17, 15) is 19.3 Å². The molecule has 7 heteroatoms. The summed E-state index contributed by atoms with van der Waals surface area (Å²) in [6.45, 7) is 2.46. The molecule has 0 spiro atoms. The molecular weight excluding hydrogens is 277 g/mol. The van der Waals surface area contributed by atoms with Crippen molar-refractivity contribution in [3.63, 3.8) is 0 Å². The van der Waals surface area contributed by atoms with Crippen molar-refractivity contribution in [1.29, 1.82) is 0 Å². The van der Waals surface area contributed by atoms with Gasteiger partial charge < -0.3 is 9.80 Å². The maximum atomic E-state index is 14.1. The Labute approximate surface area is 122 Å². The standard InChI is InChI=1S/C14H18FN3O3/c1-9-6-11(18(20)21)7-12(13(9)15)14(19)17-5-4-10(8-17)16(2)3/h6-7,10H,4-5,8H2,1-3H3. The Morgan fingerprint density at radius 1 is 1.48 bits per heavy atom. The van der Waals surface area contributed by atoms with E-state index in [2.05, 4.69) is 0 Å². The quantitative estimate of drug-likeness (QED) is 0.630. The molecular formula is C14H18FN3O3. The van der Waals surface area contributed by atoms with Crippen LogP contribution in [0, 0.1) is 22.9 Å². The van der Waals surface area contributed by atoms with Gasteiger partial charge >= 0.3 is 0 Å². The van der Waals surface area contributed by atoms with Gasteiger partial charge in [-0.25, -0.2) is 4.39 Å². The monoisotopic (exact) mass is 295 g/mol. The summed E-state index contributed by atoms with van der Waals surface area (Å²) < 4.78 is 14.1. The molecule has 0 bridgehead atoms. The Bertz CT molecular complexity index is 589. The van der Waals surface area contributed by atoms with Crippen molar-refractivity contribution < 1.29 is 14.1 Å².